The Morgan fingerprint density at radius 1 is 1.09 bits per heavy atom. The molecule has 0 atom stereocenters. The van der Waals surface area contributed by atoms with Gasteiger partial charge in [-0.25, -0.2) is 0 Å². The van der Waals surface area contributed by atoms with Crippen LogP contribution in [0.2, 0.25) is 0 Å². The van der Waals surface area contributed by atoms with E-state index in [1.54, 1.807) is 12.5 Å². The second-order valence-electron chi connectivity index (χ2n) is 1.48. The summed E-state index contributed by atoms with van der Waals surface area (Å²) >= 11 is 0. The minimum atomic E-state index is -3.66. The second kappa shape index (κ2) is 6.71. The topological polar surface area (TPSA) is 69.7 Å². The smallest absolute Gasteiger partial charge is 0.260 e. The fourth-order valence-electron chi connectivity index (χ4n) is 0.0680. The Labute approximate surface area is 69.5 Å². The van der Waals surface area contributed by atoms with E-state index in [0.29, 0.717) is 0 Å². The van der Waals surface area contributed by atoms with Gasteiger partial charge in [0, 0.05) is 23.3 Å². The van der Waals surface area contributed by atoms with Gasteiger partial charge in [0.25, 0.3) is 0 Å². The van der Waals surface area contributed by atoms with Gasteiger partial charge in [-0.2, -0.15) is 8.42 Å². The molecular weight excluding hydrogens is 192 g/mol. The van der Waals surface area contributed by atoms with Crippen molar-refractivity contribution >= 4 is 21.2 Å². The van der Waals surface area contributed by atoms with Crippen LogP contribution in [0.15, 0.2) is 0 Å². The van der Waals surface area contributed by atoms with Crippen LogP contribution in [0.3, 0.4) is 0 Å². The fourth-order valence-corrected chi connectivity index (χ4v) is 0.204. The Balaban J connectivity index is 0. The van der Waals surface area contributed by atoms with Crippen LogP contribution < -0.4 is 0 Å². The van der Waals surface area contributed by atoms with E-state index in [2.05, 4.69) is 8.37 Å². The first-order valence-electron chi connectivity index (χ1n) is 2.47. The summed E-state index contributed by atoms with van der Waals surface area (Å²) in [6.45, 7) is 0. The highest BCUT2D eigenvalue weighted by Gasteiger charge is 2.01. The van der Waals surface area contributed by atoms with Crippen molar-refractivity contribution in [3.05, 3.63) is 0 Å². The first-order valence-corrected chi connectivity index (χ1v) is 5.77. The van der Waals surface area contributed by atoms with Gasteiger partial charge < -0.3 is 0 Å². The summed E-state index contributed by atoms with van der Waals surface area (Å²) in [5, 5.41) is 0. The second-order valence-corrected chi connectivity index (χ2v) is 4.45. The summed E-state index contributed by atoms with van der Waals surface area (Å²) in [5.41, 5.74) is 0. The molecule has 0 saturated carbocycles. The van der Waals surface area contributed by atoms with Crippen molar-refractivity contribution in [3.63, 3.8) is 0 Å². The third-order valence-electron chi connectivity index (χ3n) is 0.408. The third kappa shape index (κ3) is 17.8. The Bertz CT molecular complexity index is 181. The van der Waals surface area contributed by atoms with Crippen LogP contribution >= 0.6 is 0 Å². The molecule has 0 aliphatic carbocycles. The van der Waals surface area contributed by atoms with Crippen molar-refractivity contribution in [1.82, 2.24) is 0 Å². The summed E-state index contributed by atoms with van der Waals surface area (Å²) in [5.74, 6) is 0. The van der Waals surface area contributed by atoms with Gasteiger partial charge in [0.2, 0.25) is 0 Å². The van der Waals surface area contributed by atoms with Crippen molar-refractivity contribution in [2.45, 2.75) is 0 Å². The highest BCUT2D eigenvalue weighted by molar-refractivity contribution is 7.83. The number of hydrogen-bond acceptors (Lipinski definition) is 5. The molecule has 0 saturated heterocycles. The summed E-state index contributed by atoms with van der Waals surface area (Å²) in [4.78, 5) is 0. The van der Waals surface area contributed by atoms with E-state index in [9.17, 15) is 12.6 Å². The van der Waals surface area contributed by atoms with Gasteiger partial charge in [-0.15, -0.1) is 0 Å². The van der Waals surface area contributed by atoms with Crippen molar-refractivity contribution < 1.29 is 21.0 Å². The maximum absolute atomic E-state index is 9.92. The van der Waals surface area contributed by atoms with Crippen LogP contribution in [-0.4, -0.2) is 39.4 Å². The molecule has 0 unspecified atom stereocenters. The Morgan fingerprint density at radius 3 is 1.27 bits per heavy atom. The van der Waals surface area contributed by atoms with Crippen LogP contribution in [-0.2, 0) is 29.6 Å². The maximum Gasteiger partial charge on any atom is 0.399 e. The Kier molecular flexibility index (Phi) is 8.30. The Hall–Kier alpha value is 0.0200. The van der Waals surface area contributed by atoms with E-state index in [1.165, 1.54) is 0 Å². The molecule has 0 aliphatic heterocycles. The zero-order valence-electron chi connectivity index (χ0n) is 6.86. The lowest BCUT2D eigenvalue weighted by Gasteiger charge is -1.91. The zero-order valence-corrected chi connectivity index (χ0v) is 8.49. The van der Waals surface area contributed by atoms with E-state index in [1.807, 2.05) is 0 Å². The molecular formula is C4H12O5S2. The average Bonchev–Trinajstić information content (AvgIpc) is 1.87. The third-order valence-corrected chi connectivity index (χ3v) is 1.22. The quantitative estimate of drug-likeness (QED) is 0.607. The SMILES string of the molecule is COS(=O)(=O)OC.CS(C)=O. The van der Waals surface area contributed by atoms with Crippen LogP contribution in [0.4, 0.5) is 0 Å². The fraction of sp³-hybridized carbons (Fsp3) is 1.00. The largest absolute Gasteiger partial charge is 0.399 e. The molecule has 0 spiro atoms. The van der Waals surface area contributed by atoms with Gasteiger partial charge in [-0.3, -0.25) is 12.6 Å². The van der Waals surface area contributed by atoms with Crippen molar-refractivity contribution in [2.75, 3.05) is 26.7 Å². The lowest BCUT2D eigenvalue weighted by Crippen LogP contribution is -2.02. The van der Waals surface area contributed by atoms with Gasteiger partial charge in [-0.1, -0.05) is 0 Å². The van der Waals surface area contributed by atoms with Crippen LogP contribution in [0.1, 0.15) is 0 Å². The molecule has 0 aromatic carbocycles. The van der Waals surface area contributed by atoms with Crippen molar-refractivity contribution in [3.8, 4) is 0 Å². The molecule has 0 radical (unpaired) electrons. The molecule has 5 nitrogen and oxygen atoms in total. The lowest BCUT2D eigenvalue weighted by atomic mass is 11.8. The van der Waals surface area contributed by atoms with Gasteiger partial charge in [0.05, 0.1) is 14.2 Å². The molecule has 0 aromatic rings. The molecule has 0 heterocycles. The normalized spacial score (nSPS) is 10.6. The molecule has 0 aromatic heterocycles. The zero-order chi connectivity index (χ0) is 9.49. The molecule has 0 amide bonds. The standard InChI is InChI=1S/C2H6O4S.C2H6OS/c1-5-7(3,4)6-2;1-4(2)3/h1-2H3;1-2H3. The molecule has 0 aliphatic rings. The van der Waals surface area contributed by atoms with E-state index < -0.39 is 21.2 Å². The van der Waals surface area contributed by atoms with E-state index in [0.717, 1.165) is 14.2 Å². The van der Waals surface area contributed by atoms with Gasteiger partial charge >= 0.3 is 10.4 Å². The monoisotopic (exact) mass is 204 g/mol. The minimum absolute atomic E-state index is 0.611. The van der Waals surface area contributed by atoms with Gasteiger partial charge in [-0.05, 0) is 0 Å². The highest BCUT2D eigenvalue weighted by atomic mass is 32.3. The predicted molar refractivity (Wildman–Crippen MR) is 42.9 cm³/mol. The molecule has 0 bridgehead atoms. The summed E-state index contributed by atoms with van der Waals surface area (Å²) in [6.07, 6.45) is 3.28. The minimum Gasteiger partial charge on any atom is -0.260 e. The predicted octanol–water partition coefficient (Wildman–Crippen LogP) is -0.481. The van der Waals surface area contributed by atoms with Crippen molar-refractivity contribution in [1.29, 1.82) is 0 Å². The average molecular weight is 204 g/mol. The Morgan fingerprint density at radius 2 is 1.27 bits per heavy atom. The van der Waals surface area contributed by atoms with Gasteiger partial charge in [0.15, 0.2) is 0 Å². The van der Waals surface area contributed by atoms with Crippen LogP contribution in [0, 0.1) is 0 Å². The van der Waals surface area contributed by atoms with E-state index >= 15 is 0 Å². The summed E-state index contributed by atoms with van der Waals surface area (Å²) < 4.78 is 37.1. The highest BCUT2D eigenvalue weighted by Crippen LogP contribution is 1.85. The van der Waals surface area contributed by atoms with Crippen molar-refractivity contribution in [2.24, 2.45) is 0 Å². The van der Waals surface area contributed by atoms with Crippen LogP contribution in [0.25, 0.3) is 0 Å². The first-order chi connectivity index (χ1) is 4.85. The molecule has 70 valence electrons. The molecule has 0 rings (SSSR count). The molecule has 0 fully saturated rings. The maximum atomic E-state index is 9.92. The molecule has 7 heteroatoms. The summed E-state index contributed by atoms with van der Waals surface area (Å²) in [7, 11) is -2.22. The summed E-state index contributed by atoms with van der Waals surface area (Å²) in [6, 6.07) is 0. The lowest BCUT2D eigenvalue weighted by molar-refractivity contribution is 0.286. The van der Waals surface area contributed by atoms with Crippen LogP contribution in [0.5, 0.6) is 0 Å². The van der Waals surface area contributed by atoms with Gasteiger partial charge in [0.1, 0.15) is 0 Å². The molecule has 11 heavy (non-hydrogen) atoms. The first kappa shape index (κ1) is 13.6. The molecule has 0 N–H and O–H groups in total. The number of rotatable bonds is 2. The number of hydrogen-bond donors (Lipinski definition) is 0. The van der Waals surface area contributed by atoms with E-state index in [4.69, 9.17) is 0 Å². The van der Waals surface area contributed by atoms with E-state index in [-0.39, 0.29) is 0 Å².